The van der Waals surface area contributed by atoms with Gasteiger partial charge in [-0.15, -0.1) is 0 Å². The SMILES string of the molecule is CC1CCCCN1Cc1ccc(NC(=O)CC2CC3CCC(C2)N3)cc1. The molecule has 4 heteroatoms. The smallest absolute Gasteiger partial charge is 0.224 e. The predicted octanol–water partition coefficient (Wildman–Crippen LogP) is 3.92. The minimum absolute atomic E-state index is 0.175. The molecule has 4 nitrogen and oxygen atoms in total. The van der Waals surface area contributed by atoms with Gasteiger partial charge in [0, 0.05) is 36.8 Å². The second-order valence-electron chi connectivity index (χ2n) is 8.74. The van der Waals surface area contributed by atoms with Crippen molar-refractivity contribution in [2.24, 2.45) is 5.92 Å². The molecule has 0 aliphatic carbocycles. The molecule has 3 heterocycles. The van der Waals surface area contributed by atoms with Crippen molar-refractivity contribution in [1.82, 2.24) is 10.2 Å². The van der Waals surface area contributed by atoms with Crippen LogP contribution in [0.4, 0.5) is 5.69 Å². The number of piperidine rings is 2. The van der Waals surface area contributed by atoms with Crippen LogP contribution in [0, 0.1) is 5.92 Å². The molecule has 3 aliphatic heterocycles. The molecule has 2 N–H and O–H groups in total. The number of nitrogens with one attached hydrogen (secondary N) is 2. The molecule has 3 unspecified atom stereocenters. The summed E-state index contributed by atoms with van der Waals surface area (Å²) >= 11 is 0. The first-order valence-corrected chi connectivity index (χ1v) is 10.5. The fourth-order valence-electron chi connectivity index (χ4n) is 5.14. The van der Waals surface area contributed by atoms with Crippen molar-refractivity contribution >= 4 is 11.6 Å². The zero-order valence-electron chi connectivity index (χ0n) is 16.0. The Bertz CT molecular complexity index is 602. The molecule has 26 heavy (non-hydrogen) atoms. The van der Waals surface area contributed by atoms with E-state index in [0.717, 1.165) is 25.1 Å². The lowest BCUT2D eigenvalue weighted by Gasteiger charge is -2.33. The summed E-state index contributed by atoms with van der Waals surface area (Å²) < 4.78 is 0. The lowest BCUT2D eigenvalue weighted by molar-refractivity contribution is -0.117. The van der Waals surface area contributed by atoms with Crippen LogP contribution in [-0.2, 0) is 11.3 Å². The average Bonchev–Trinajstić information content (AvgIpc) is 2.97. The lowest BCUT2D eigenvalue weighted by atomic mass is 9.89. The van der Waals surface area contributed by atoms with Gasteiger partial charge in [-0.1, -0.05) is 18.6 Å². The maximum Gasteiger partial charge on any atom is 0.224 e. The Hall–Kier alpha value is -1.39. The molecule has 142 valence electrons. The van der Waals surface area contributed by atoms with Crippen molar-refractivity contribution in [2.75, 3.05) is 11.9 Å². The number of carbonyl (C=O) groups is 1. The van der Waals surface area contributed by atoms with Crippen LogP contribution in [0.25, 0.3) is 0 Å². The topological polar surface area (TPSA) is 44.4 Å². The molecule has 3 atom stereocenters. The van der Waals surface area contributed by atoms with E-state index in [1.54, 1.807) is 0 Å². The Morgan fingerprint density at radius 2 is 1.85 bits per heavy atom. The monoisotopic (exact) mass is 355 g/mol. The maximum absolute atomic E-state index is 12.4. The van der Waals surface area contributed by atoms with Crippen molar-refractivity contribution in [3.63, 3.8) is 0 Å². The second kappa shape index (κ2) is 8.10. The first-order chi connectivity index (χ1) is 12.7. The number of fused-ring (bicyclic) bond motifs is 2. The standard InChI is InChI=1S/C22H33N3O/c1-16-4-2-3-11-25(16)15-17-5-7-19(8-6-17)24-22(26)14-18-12-20-9-10-21(13-18)23-20/h5-8,16,18,20-21,23H,2-4,9-15H2,1H3,(H,24,26). The fraction of sp³-hybridized carbons (Fsp3) is 0.682. The molecular formula is C22H33N3O. The van der Waals surface area contributed by atoms with Crippen LogP contribution in [0.3, 0.4) is 0 Å². The first kappa shape index (κ1) is 18.0. The van der Waals surface area contributed by atoms with Gasteiger partial charge in [-0.2, -0.15) is 0 Å². The minimum atomic E-state index is 0.175. The number of carbonyl (C=O) groups excluding carboxylic acids is 1. The molecule has 1 aromatic carbocycles. The van der Waals surface area contributed by atoms with Gasteiger partial charge in [0.15, 0.2) is 0 Å². The summed E-state index contributed by atoms with van der Waals surface area (Å²) in [5.74, 6) is 0.724. The number of hydrogen-bond acceptors (Lipinski definition) is 3. The van der Waals surface area contributed by atoms with Gasteiger partial charge >= 0.3 is 0 Å². The Balaban J connectivity index is 1.26. The van der Waals surface area contributed by atoms with Crippen LogP contribution >= 0.6 is 0 Å². The highest BCUT2D eigenvalue weighted by Gasteiger charge is 2.34. The molecule has 1 aromatic rings. The molecule has 0 spiro atoms. The second-order valence-corrected chi connectivity index (χ2v) is 8.74. The summed E-state index contributed by atoms with van der Waals surface area (Å²) in [6, 6.07) is 10.5. The van der Waals surface area contributed by atoms with E-state index in [2.05, 4.69) is 46.7 Å². The largest absolute Gasteiger partial charge is 0.326 e. The Morgan fingerprint density at radius 1 is 1.12 bits per heavy atom. The van der Waals surface area contributed by atoms with Gasteiger partial charge in [0.05, 0.1) is 0 Å². The predicted molar refractivity (Wildman–Crippen MR) is 106 cm³/mol. The van der Waals surface area contributed by atoms with Crippen LogP contribution in [0.15, 0.2) is 24.3 Å². The van der Waals surface area contributed by atoms with Crippen LogP contribution in [-0.4, -0.2) is 35.5 Å². The molecule has 4 rings (SSSR count). The summed E-state index contributed by atoms with van der Waals surface area (Å²) in [5.41, 5.74) is 2.27. The van der Waals surface area contributed by atoms with Gasteiger partial charge in [-0.25, -0.2) is 0 Å². The number of benzene rings is 1. The number of amides is 1. The van der Waals surface area contributed by atoms with Crippen molar-refractivity contribution in [2.45, 2.75) is 83.0 Å². The van der Waals surface area contributed by atoms with E-state index in [1.807, 2.05) is 0 Å². The Kier molecular flexibility index (Phi) is 5.60. The normalized spacial score (nSPS) is 31.7. The minimum Gasteiger partial charge on any atom is -0.326 e. The molecular weight excluding hydrogens is 322 g/mol. The van der Waals surface area contributed by atoms with Gasteiger partial charge < -0.3 is 10.6 Å². The molecule has 0 aromatic heterocycles. The number of anilines is 1. The van der Waals surface area contributed by atoms with E-state index in [4.69, 9.17) is 0 Å². The van der Waals surface area contributed by atoms with E-state index in [-0.39, 0.29) is 5.91 Å². The summed E-state index contributed by atoms with van der Waals surface area (Å²) in [7, 11) is 0. The van der Waals surface area contributed by atoms with Gasteiger partial charge in [-0.05, 0) is 75.6 Å². The molecule has 2 bridgehead atoms. The molecule has 0 radical (unpaired) electrons. The highest BCUT2D eigenvalue weighted by molar-refractivity contribution is 5.90. The van der Waals surface area contributed by atoms with Crippen molar-refractivity contribution < 1.29 is 4.79 Å². The molecule has 3 fully saturated rings. The molecule has 1 amide bonds. The zero-order valence-corrected chi connectivity index (χ0v) is 16.0. The number of nitrogens with zero attached hydrogens (tertiary/aromatic N) is 1. The number of hydrogen-bond donors (Lipinski definition) is 2. The van der Waals surface area contributed by atoms with Crippen LogP contribution in [0.1, 0.15) is 63.9 Å². The van der Waals surface area contributed by atoms with Gasteiger partial charge in [0.2, 0.25) is 5.91 Å². The van der Waals surface area contributed by atoms with E-state index >= 15 is 0 Å². The zero-order chi connectivity index (χ0) is 17.9. The van der Waals surface area contributed by atoms with E-state index in [1.165, 1.54) is 44.2 Å². The Labute approximate surface area is 157 Å². The summed E-state index contributed by atoms with van der Waals surface area (Å²) in [5, 5.41) is 6.76. The van der Waals surface area contributed by atoms with E-state index in [9.17, 15) is 4.79 Å². The third-order valence-corrected chi connectivity index (χ3v) is 6.61. The van der Waals surface area contributed by atoms with Crippen molar-refractivity contribution in [1.29, 1.82) is 0 Å². The van der Waals surface area contributed by atoms with E-state index < -0.39 is 0 Å². The molecule has 3 saturated heterocycles. The summed E-state index contributed by atoms with van der Waals surface area (Å²) in [4.78, 5) is 15.0. The Morgan fingerprint density at radius 3 is 2.54 bits per heavy atom. The quantitative estimate of drug-likeness (QED) is 0.841. The third kappa shape index (κ3) is 4.47. The lowest BCUT2D eigenvalue weighted by Crippen LogP contribution is -2.39. The van der Waals surface area contributed by atoms with Crippen LogP contribution in [0.2, 0.25) is 0 Å². The van der Waals surface area contributed by atoms with Crippen molar-refractivity contribution in [3.05, 3.63) is 29.8 Å². The molecule has 3 aliphatic rings. The van der Waals surface area contributed by atoms with E-state index in [0.29, 0.717) is 30.5 Å². The van der Waals surface area contributed by atoms with Gasteiger partial charge in [0.25, 0.3) is 0 Å². The summed E-state index contributed by atoms with van der Waals surface area (Å²) in [6.07, 6.45) is 9.57. The van der Waals surface area contributed by atoms with Crippen LogP contribution < -0.4 is 10.6 Å². The highest BCUT2D eigenvalue weighted by Crippen LogP contribution is 2.32. The highest BCUT2D eigenvalue weighted by atomic mass is 16.1. The number of likely N-dealkylation sites (tertiary alicyclic amines) is 1. The summed E-state index contributed by atoms with van der Waals surface area (Å²) in [6.45, 7) is 4.56. The number of rotatable bonds is 5. The fourth-order valence-corrected chi connectivity index (χ4v) is 5.14. The van der Waals surface area contributed by atoms with Crippen molar-refractivity contribution in [3.8, 4) is 0 Å². The third-order valence-electron chi connectivity index (χ3n) is 6.61. The van der Waals surface area contributed by atoms with Gasteiger partial charge in [0.1, 0.15) is 0 Å². The first-order valence-electron chi connectivity index (χ1n) is 10.5. The van der Waals surface area contributed by atoms with Crippen LogP contribution in [0.5, 0.6) is 0 Å². The van der Waals surface area contributed by atoms with Gasteiger partial charge in [-0.3, -0.25) is 9.69 Å². The average molecular weight is 356 g/mol. The molecule has 0 saturated carbocycles. The maximum atomic E-state index is 12.4.